The molecule has 0 fully saturated rings. The Kier molecular flexibility index (Phi) is 1.70. The number of rotatable bonds is 0. The van der Waals surface area contributed by atoms with Gasteiger partial charge in [-0.05, 0) is 12.1 Å². The van der Waals surface area contributed by atoms with Crippen LogP contribution in [0.5, 0.6) is 5.75 Å². The molecule has 0 aliphatic carbocycles. The summed E-state index contributed by atoms with van der Waals surface area (Å²) in [5, 5.41) is 11.4. The zero-order chi connectivity index (χ0) is 8.72. The average Bonchev–Trinajstić information content (AvgIpc) is 2.35. The molecule has 1 aromatic carbocycles. The fourth-order valence-corrected chi connectivity index (χ4v) is 2.08. The molecule has 0 saturated carbocycles. The Morgan fingerprint density at radius 2 is 2.17 bits per heavy atom. The summed E-state index contributed by atoms with van der Waals surface area (Å²) in [7, 11) is 0. The van der Waals surface area contributed by atoms with E-state index in [9.17, 15) is 9.50 Å². The SMILES string of the molecule is Oc1csc2cc(Cl)c(F)cc12. The maximum absolute atomic E-state index is 12.9. The molecule has 12 heavy (non-hydrogen) atoms. The van der Waals surface area contributed by atoms with Crippen molar-refractivity contribution in [3.63, 3.8) is 0 Å². The van der Waals surface area contributed by atoms with Crippen molar-refractivity contribution in [2.24, 2.45) is 0 Å². The quantitative estimate of drug-likeness (QED) is 0.694. The van der Waals surface area contributed by atoms with Crippen LogP contribution in [0, 0.1) is 5.82 Å². The van der Waals surface area contributed by atoms with Gasteiger partial charge in [0.1, 0.15) is 11.6 Å². The monoisotopic (exact) mass is 202 g/mol. The van der Waals surface area contributed by atoms with Gasteiger partial charge in [-0.3, -0.25) is 0 Å². The van der Waals surface area contributed by atoms with Crippen LogP contribution >= 0.6 is 22.9 Å². The molecular weight excluding hydrogens is 199 g/mol. The van der Waals surface area contributed by atoms with E-state index in [0.29, 0.717) is 5.39 Å². The third kappa shape index (κ3) is 1.06. The van der Waals surface area contributed by atoms with Crippen LogP contribution < -0.4 is 0 Å². The molecule has 0 bridgehead atoms. The molecule has 0 aliphatic rings. The van der Waals surface area contributed by atoms with Crippen LogP contribution in [0.15, 0.2) is 17.5 Å². The van der Waals surface area contributed by atoms with E-state index in [2.05, 4.69) is 0 Å². The van der Waals surface area contributed by atoms with E-state index in [1.54, 1.807) is 5.38 Å². The van der Waals surface area contributed by atoms with Gasteiger partial charge in [-0.2, -0.15) is 0 Å². The molecule has 0 unspecified atom stereocenters. The zero-order valence-electron chi connectivity index (χ0n) is 5.84. The summed E-state index contributed by atoms with van der Waals surface area (Å²) < 4.78 is 13.7. The maximum Gasteiger partial charge on any atom is 0.142 e. The summed E-state index contributed by atoms with van der Waals surface area (Å²) in [6.07, 6.45) is 0. The Labute approximate surface area is 77.0 Å². The minimum atomic E-state index is -0.502. The van der Waals surface area contributed by atoms with Crippen LogP contribution in [0.1, 0.15) is 0 Å². The lowest BCUT2D eigenvalue weighted by atomic mass is 10.2. The topological polar surface area (TPSA) is 20.2 Å². The highest BCUT2D eigenvalue weighted by Crippen LogP contribution is 2.34. The van der Waals surface area contributed by atoms with Crippen molar-refractivity contribution in [3.8, 4) is 5.75 Å². The standard InChI is InChI=1S/C8H4ClFOS/c9-5-2-8-4(1-6(5)10)7(11)3-12-8/h1-3,11H. The van der Waals surface area contributed by atoms with Gasteiger partial charge in [-0.1, -0.05) is 11.6 Å². The fourth-order valence-electron chi connectivity index (χ4n) is 1.01. The highest BCUT2D eigenvalue weighted by molar-refractivity contribution is 7.17. The Morgan fingerprint density at radius 3 is 2.92 bits per heavy atom. The molecular formula is C8H4ClFOS. The largest absolute Gasteiger partial charge is 0.506 e. The van der Waals surface area contributed by atoms with Gasteiger partial charge in [-0.15, -0.1) is 11.3 Å². The molecule has 0 amide bonds. The van der Waals surface area contributed by atoms with Gasteiger partial charge < -0.3 is 5.11 Å². The Hall–Kier alpha value is -0.800. The summed E-state index contributed by atoms with van der Waals surface area (Å²) in [4.78, 5) is 0. The maximum atomic E-state index is 12.9. The average molecular weight is 203 g/mol. The first-order valence-corrected chi connectivity index (χ1v) is 4.49. The number of halogens is 2. The van der Waals surface area contributed by atoms with E-state index in [-0.39, 0.29) is 10.8 Å². The Balaban J connectivity index is 2.87. The van der Waals surface area contributed by atoms with Gasteiger partial charge >= 0.3 is 0 Å². The van der Waals surface area contributed by atoms with Crippen molar-refractivity contribution in [1.29, 1.82) is 0 Å². The summed E-state index contributed by atoms with van der Waals surface area (Å²) >= 11 is 6.88. The lowest BCUT2D eigenvalue weighted by Gasteiger charge is -1.94. The highest BCUT2D eigenvalue weighted by Gasteiger charge is 2.06. The second-order valence-corrected chi connectivity index (χ2v) is 3.70. The fraction of sp³-hybridized carbons (Fsp3) is 0. The minimum absolute atomic E-state index is 0.0874. The predicted octanol–water partition coefficient (Wildman–Crippen LogP) is 3.40. The van der Waals surface area contributed by atoms with Crippen molar-refractivity contribution in [3.05, 3.63) is 28.4 Å². The van der Waals surface area contributed by atoms with Crippen molar-refractivity contribution in [2.75, 3.05) is 0 Å². The summed E-state index contributed by atoms with van der Waals surface area (Å²) in [6.45, 7) is 0. The summed E-state index contributed by atoms with van der Waals surface area (Å²) in [5.74, 6) is -0.400. The molecule has 1 aromatic heterocycles. The molecule has 0 radical (unpaired) electrons. The van der Waals surface area contributed by atoms with Crippen LogP contribution in [0.2, 0.25) is 5.02 Å². The molecule has 0 spiro atoms. The van der Waals surface area contributed by atoms with Crippen molar-refractivity contribution >= 4 is 33.0 Å². The number of benzene rings is 1. The van der Waals surface area contributed by atoms with Gasteiger partial charge in [0.2, 0.25) is 0 Å². The Morgan fingerprint density at radius 1 is 1.42 bits per heavy atom. The number of thiophene rings is 1. The molecule has 1 nitrogen and oxygen atoms in total. The van der Waals surface area contributed by atoms with Crippen LogP contribution in [-0.4, -0.2) is 5.11 Å². The number of fused-ring (bicyclic) bond motifs is 1. The van der Waals surface area contributed by atoms with Crippen molar-refractivity contribution < 1.29 is 9.50 Å². The molecule has 2 rings (SSSR count). The molecule has 1 heterocycles. The van der Waals surface area contributed by atoms with Gasteiger partial charge in [0, 0.05) is 15.5 Å². The van der Waals surface area contributed by atoms with Crippen LogP contribution in [0.3, 0.4) is 0 Å². The first-order valence-electron chi connectivity index (χ1n) is 3.23. The van der Waals surface area contributed by atoms with E-state index in [4.69, 9.17) is 11.6 Å². The predicted molar refractivity (Wildman–Crippen MR) is 48.5 cm³/mol. The highest BCUT2D eigenvalue weighted by atomic mass is 35.5. The number of hydrogen-bond acceptors (Lipinski definition) is 2. The molecule has 0 aliphatic heterocycles. The lowest BCUT2D eigenvalue weighted by molar-refractivity contribution is 0.483. The van der Waals surface area contributed by atoms with E-state index in [0.717, 1.165) is 4.70 Å². The van der Waals surface area contributed by atoms with Crippen LogP contribution in [0.4, 0.5) is 4.39 Å². The van der Waals surface area contributed by atoms with Crippen LogP contribution in [-0.2, 0) is 0 Å². The smallest absolute Gasteiger partial charge is 0.142 e. The first-order chi connectivity index (χ1) is 5.68. The second kappa shape index (κ2) is 2.61. The number of aromatic hydroxyl groups is 1. The first kappa shape index (κ1) is 7.83. The van der Waals surface area contributed by atoms with Gasteiger partial charge in [-0.25, -0.2) is 4.39 Å². The van der Waals surface area contributed by atoms with Gasteiger partial charge in [0.25, 0.3) is 0 Å². The van der Waals surface area contributed by atoms with Gasteiger partial charge in [0.15, 0.2) is 0 Å². The third-order valence-electron chi connectivity index (χ3n) is 1.60. The normalized spacial score (nSPS) is 10.8. The minimum Gasteiger partial charge on any atom is -0.506 e. The lowest BCUT2D eigenvalue weighted by Crippen LogP contribution is -1.74. The van der Waals surface area contributed by atoms with Crippen molar-refractivity contribution in [2.45, 2.75) is 0 Å². The zero-order valence-corrected chi connectivity index (χ0v) is 7.42. The van der Waals surface area contributed by atoms with E-state index in [1.165, 1.54) is 23.5 Å². The van der Waals surface area contributed by atoms with E-state index in [1.807, 2.05) is 0 Å². The van der Waals surface area contributed by atoms with E-state index < -0.39 is 5.82 Å². The molecule has 62 valence electrons. The second-order valence-electron chi connectivity index (χ2n) is 2.38. The third-order valence-corrected chi connectivity index (χ3v) is 2.82. The number of hydrogen-bond donors (Lipinski definition) is 1. The van der Waals surface area contributed by atoms with Crippen LogP contribution in [0.25, 0.3) is 10.1 Å². The van der Waals surface area contributed by atoms with Crippen molar-refractivity contribution in [1.82, 2.24) is 0 Å². The molecule has 0 atom stereocenters. The molecule has 4 heteroatoms. The Bertz CT molecular complexity index is 438. The van der Waals surface area contributed by atoms with E-state index >= 15 is 0 Å². The summed E-state index contributed by atoms with van der Waals surface area (Å²) in [6, 6.07) is 2.75. The molecule has 2 aromatic rings. The molecule has 1 N–H and O–H groups in total. The summed E-state index contributed by atoms with van der Waals surface area (Å²) in [5.41, 5.74) is 0. The molecule has 0 saturated heterocycles. The van der Waals surface area contributed by atoms with Gasteiger partial charge in [0.05, 0.1) is 5.02 Å².